The maximum absolute atomic E-state index is 12.0. The van der Waals surface area contributed by atoms with Gasteiger partial charge in [-0.1, -0.05) is 18.9 Å². The minimum absolute atomic E-state index is 0.0708. The number of carbonyl (C=O) groups is 2. The normalized spacial score (nSPS) is 15.6. The molecule has 0 heterocycles. The molecular formula is C18H25NO5. The number of amides is 1. The Balaban J connectivity index is 1.86. The number of carbonyl (C=O) groups excluding carboxylic acids is 2. The molecule has 0 bridgehead atoms. The molecule has 1 aromatic rings. The number of esters is 1. The molecule has 0 aromatic heterocycles. The molecule has 0 unspecified atom stereocenters. The lowest BCUT2D eigenvalue weighted by Crippen LogP contribution is -2.41. The Bertz CT molecular complexity index is 581. The van der Waals surface area contributed by atoms with E-state index in [1.165, 1.54) is 7.11 Å². The number of rotatable bonds is 7. The first-order valence-electron chi connectivity index (χ1n) is 8.24. The molecule has 0 radical (unpaired) electrons. The summed E-state index contributed by atoms with van der Waals surface area (Å²) in [7, 11) is 3.09. The second-order valence-electron chi connectivity index (χ2n) is 5.99. The zero-order chi connectivity index (χ0) is 17.5. The third-order valence-corrected chi connectivity index (χ3v) is 4.18. The van der Waals surface area contributed by atoms with Crippen molar-refractivity contribution in [3.63, 3.8) is 0 Å². The third-order valence-electron chi connectivity index (χ3n) is 4.18. The maximum atomic E-state index is 12.0. The van der Waals surface area contributed by atoms with Gasteiger partial charge in [-0.3, -0.25) is 9.59 Å². The van der Waals surface area contributed by atoms with Crippen molar-refractivity contribution in [2.45, 2.75) is 51.2 Å². The molecule has 1 atom stereocenters. The quantitative estimate of drug-likeness (QED) is 0.774. The van der Waals surface area contributed by atoms with Gasteiger partial charge in [0.15, 0.2) is 17.6 Å². The minimum Gasteiger partial charge on any atom is -0.493 e. The second-order valence-corrected chi connectivity index (χ2v) is 5.99. The fourth-order valence-corrected chi connectivity index (χ4v) is 2.84. The van der Waals surface area contributed by atoms with E-state index in [0.717, 1.165) is 31.2 Å². The van der Waals surface area contributed by atoms with Gasteiger partial charge in [-0.2, -0.15) is 0 Å². The van der Waals surface area contributed by atoms with Gasteiger partial charge >= 0.3 is 5.97 Å². The zero-order valence-corrected chi connectivity index (χ0v) is 14.5. The van der Waals surface area contributed by atoms with E-state index in [2.05, 4.69) is 5.32 Å². The van der Waals surface area contributed by atoms with Crippen LogP contribution in [0.5, 0.6) is 11.5 Å². The van der Waals surface area contributed by atoms with Gasteiger partial charge in [0, 0.05) is 6.04 Å². The van der Waals surface area contributed by atoms with Crippen LogP contribution in [0, 0.1) is 0 Å². The predicted octanol–water partition coefficient (Wildman–Crippen LogP) is 2.24. The summed E-state index contributed by atoms with van der Waals surface area (Å²) < 4.78 is 15.6. The van der Waals surface area contributed by atoms with Crippen LogP contribution in [0.3, 0.4) is 0 Å². The monoisotopic (exact) mass is 335 g/mol. The third kappa shape index (κ3) is 4.88. The van der Waals surface area contributed by atoms with E-state index in [0.29, 0.717) is 11.5 Å². The highest BCUT2D eigenvalue weighted by molar-refractivity contribution is 5.84. The van der Waals surface area contributed by atoms with Crippen molar-refractivity contribution in [2.24, 2.45) is 0 Å². The first kappa shape index (κ1) is 18.1. The van der Waals surface area contributed by atoms with Gasteiger partial charge in [-0.05, 0) is 37.5 Å². The van der Waals surface area contributed by atoms with E-state index in [9.17, 15) is 9.59 Å². The molecule has 1 amide bonds. The molecule has 24 heavy (non-hydrogen) atoms. The summed E-state index contributed by atoms with van der Waals surface area (Å²) >= 11 is 0. The smallest absolute Gasteiger partial charge is 0.311 e. The van der Waals surface area contributed by atoms with Gasteiger partial charge in [-0.25, -0.2) is 0 Å². The molecule has 1 aromatic carbocycles. The van der Waals surface area contributed by atoms with Crippen LogP contribution in [0.15, 0.2) is 18.2 Å². The predicted molar refractivity (Wildman–Crippen MR) is 89.2 cm³/mol. The molecule has 0 aliphatic heterocycles. The van der Waals surface area contributed by atoms with Crippen molar-refractivity contribution < 1.29 is 23.8 Å². The molecular weight excluding hydrogens is 310 g/mol. The molecule has 2 rings (SSSR count). The van der Waals surface area contributed by atoms with Crippen molar-refractivity contribution in [1.29, 1.82) is 0 Å². The lowest BCUT2D eigenvalue weighted by molar-refractivity contribution is -0.154. The minimum atomic E-state index is -0.793. The van der Waals surface area contributed by atoms with Crippen molar-refractivity contribution >= 4 is 11.9 Å². The molecule has 1 aliphatic rings. The summed E-state index contributed by atoms with van der Waals surface area (Å²) in [4.78, 5) is 24.1. The Labute approximate surface area is 142 Å². The number of methoxy groups -OCH3 is 2. The van der Waals surface area contributed by atoms with E-state index in [-0.39, 0.29) is 18.4 Å². The van der Waals surface area contributed by atoms with Crippen molar-refractivity contribution in [2.75, 3.05) is 14.2 Å². The highest BCUT2D eigenvalue weighted by atomic mass is 16.5. The fraction of sp³-hybridized carbons (Fsp3) is 0.556. The van der Waals surface area contributed by atoms with Gasteiger partial charge in [0.25, 0.3) is 5.91 Å². The van der Waals surface area contributed by atoms with Crippen LogP contribution in [0.4, 0.5) is 0 Å². The Morgan fingerprint density at radius 2 is 1.83 bits per heavy atom. The lowest BCUT2D eigenvalue weighted by atomic mass is 10.1. The Morgan fingerprint density at radius 1 is 1.17 bits per heavy atom. The number of hydrogen-bond acceptors (Lipinski definition) is 5. The highest BCUT2D eigenvalue weighted by Gasteiger charge is 2.23. The standard InChI is InChI=1S/C18H25NO5/c1-12(18(21)19-14-6-4-5-7-14)24-17(20)11-13-8-9-15(22-2)16(10-13)23-3/h8-10,12,14H,4-7,11H2,1-3H3,(H,19,21)/t12-/m0/s1. The number of hydrogen-bond donors (Lipinski definition) is 1. The van der Waals surface area contributed by atoms with E-state index < -0.39 is 12.1 Å². The van der Waals surface area contributed by atoms with E-state index in [1.807, 2.05) is 0 Å². The van der Waals surface area contributed by atoms with E-state index >= 15 is 0 Å². The lowest BCUT2D eigenvalue weighted by Gasteiger charge is -2.17. The summed E-state index contributed by atoms with van der Waals surface area (Å²) in [5, 5.41) is 2.93. The summed E-state index contributed by atoms with van der Waals surface area (Å²) in [5.41, 5.74) is 0.737. The molecule has 1 N–H and O–H groups in total. The average molecular weight is 335 g/mol. The second kappa shape index (κ2) is 8.57. The van der Waals surface area contributed by atoms with Crippen LogP contribution in [0.25, 0.3) is 0 Å². The van der Waals surface area contributed by atoms with Gasteiger partial charge in [-0.15, -0.1) is 0 Å². The first-order chi connectivity index (χ1) is 11.5. The SMILES string of the molecule is COc1ccc(CC(=O)O[C@@H](C)C(=O)NC2CCCC2)cc1OC. The summed E-state index contributed by atoms with van der Waals surface area (Å²) in [6.45, 7) is 1.59. The molecule has 0 saturated heterocycles. The van der Waals surface area contributed by atoms with Gasteiger partial charge in [0.2, 0.25) is 0 Å². The first-order valence-corrected chi connectivity index (χ1v) is 8.24. The van der Waals surface area contributed by atoms with E-state index in [4.69, 9.17) is 14.2 Å². The van der Waals surface area contributed by atoms with Crippen molar-refractivity contribution in [3.8, 4) is 11.5 Å². The summed E-state index contributed by atoms with van der Waals surface area (Å²) in [6.07, 6.45) is 3.55. The zero-order valence-electron chi connectivity index (χ0n) is 14.5. The van der Waals surface area contributed by atoms with Gasteiger partial charge in [0.05, 0.1) is 20.6 Å². The summed E-state index contributed by atoms with van der Waals surface area (Å²) in [6, 6.07) is 5.44. The fourth-order valence-electron chi connectivity index (χ4n) is 2.84. The molecule has 6 heteroatoms. The molecule has 132 valence electrons. The number of nitrogens with one attached hydrogen (secondary N) is 1. The van der Waals surface area contributed by atoms with Crippen LogP contribution in [0.1, 0.15) is 38.2 Å². The Kier molecular flexibility index (Phi) is 6.46. The van der Waals surface area contributed by atoms with Crippen LogP contribution in [0.2, 0.25) is 0 Å². The Hall–Kier alpha value is -2.24. The number of ether oxygens (including phenoxy) is 3. The largest absolute Gasteiger partial charge is 0.493 e. The van der Waals surface area contributed by atoms with Crippen LogP contribution in [-0.4, -0.2) is 38.2 Å². The molecule has 1 saturated carbocycles. The number of benzene rings is 1. The van der Waals surface area contributed by atoms with Crippen LogP contribution < -0.4 is 14.8 Å². The highest BCUT2D eigenvalue weighted by Crippen LogP contribution is 2.27. The molecule has 0 spiro atoms. The van der Waals surface area contributed by atoms with Gasteiger partial charge in [0.1, 0.15) is 0 Å². The van der Waals surface area contributed by atoms with Crippen LogP contribution in [-0.2, 0) is 20.7 Å². The topological polar surface area (TPSA) is 73.9 Å². The van der Waals surface area contributed by atoms with Gasteiger partial charge < -0.3 is 19.5 Å². The van der Waals surface area contributed by atoms with Crippen molar-refractivity contribution in [1.82, 2.24) is 5.32 Å². The molecule has 1 fully saturated rings. The molecule has 1 aliphatic carbocycles. The average Bonchev–Trinajstić information content (AvgIpc) is 3.07. The summed E-state index contributed by atoms with van der Waals surface area (Å²) in [5.74, 6) is 0.465. The van der Waals surface area contributed by atoms with E-state index in [1.54, 1.807) is 32.2 Å². The Morgan fingerprint density at radius 3 is 2.46 bits per heavy atom. The van der Waals surface area contributed by atoms with Crippen LogP contribution >= 0.6 is 0 Å². The van der Waals surface area contributed by atoms with Crippen molar-refractivity contribution in [3.05, 3.63) is 23.8 Å². The maximum Gasteiger partial charge on any atom is 0.311 e. The molecule has 6 nitrogen and oxygen atoms in total.